The largest absolute Gasteiger partial charge is 0.391 e. The van der Waals surface area contributed by atoms with E-state index in [1.807, 2.05) is 4.57 Å². The van der Waals surface area contributed by atoms with Crippen molar-refractivity contribution in [2.45, 2.75) is 57.1 Å². The van der Waals surface area contributed by atoms with Crippen LogP contribution < -0.4 is 10.7 Å². The van der Waals surface area contributed by atoms with Gasteiger partial charge < -0.3 is 15.0 Å². The molecule has 2 aromatic rings. The van der Waals surface area contributed by atoms with Crippen molar-refractivity contribution in [3.63, 3.8) is 0 Å². The molecule has 0 spiro atoms. The van der Waals surface area contributed by atoms with Gasteiger partial charge in [-0.2, -0.15) is 0 Å². The zero-order valence-corrected chi connectivity index (χ0v) is 16.3. The van der Waals surface area contributed by atoms with Crippen LogP contribution in [0.3, 0.4) is 0 Å². The predicted molar refractivity (Wildman–Crippen MR) is 106 cm³/mol. The molecule has 1 heterocycles. The van der Waals surface area contributed by atoms with Gasteiger partial charge in [0.05, 0.1) is 16.6 Å². The van der Waals surface area contributed by atoms with Gasteiger partial charge in [-0.15, -0.1) is 0 Å². The number of benzene rings is 1. The van der Waals surface area contributed by atoms with Crippen LogP contribution in [0.4, 0.5) is 4.39 Å². The third kappa shape index (κ3) is 3.80. The lowest BCUT2D eigenvalue weighted by Crippen LogP contribution is -2.38. The van der Waals surface area contributed by atoms with Gasteiger partial charge in [0, 0.05) is 24.2 Å². The third-order valence-electron chi connectivity index (χ3n) is 5.92. The van der Waals surface area contributed by atoms with E-state index in [9.17, 15) is 19.1 Å². The number of aliphatic hydroxyl groups is 1. The smallest absolute Gasteiger partial charge is 0.256 e. The quantitative estimate of drug-likeness (QED) is 0.793. The number of aliphatic hydroxyl groups excluding tert-OH is 1. The van der Waals surface area contributed by atoms with Gasteiger partial charge in [0.15, 0.2) is 0 Å². The molecule has 1 aromatic heterocycles. The molecule has 0 aliphatic heterocycles. The second-order valence-electron chi connectivity index (χ2n) is 7.97. The summed E-state index contributed by atoms with van der Waals surface area (Å²) in [6.07, 6.45) is 8.10. The van der Waals surface area contributed by atoms with Crippen LogP contribution in [-0.2, 0) is 0 Å². The maximum absolute atomic E-state index is 14.0. The van der Waals surface area contributed by atoms with Crippen molar-refractivity contribution in [3.8, 4) is 0 Å². The van der Waals surface area contributed by atoms with E-state index in [0.29, 0.717) is 5.52 Å². The summed E-state index contributed by atoms with van der Waals surface area (Å²) < 4.78 is 15.8. The molecule has 2 saturated carbocycles. The maximum atomic E-state index is 14.0. The number of hydrogen-bond donors (Lipinski definition) is 2. The molecular formula is C21H24ClFN2O3. The lowest BCUT2D eigenvalue weighted by Gasteiger charge is -2.26. The summed E-state index contributed by atoms with van der Waals surface area (Å²) >= 11 is 5.90. The van der Waals surface area contributed by atoms with Gasteiger partial charge in [0.25, 0.3) is 5.91 Å². The topological polar surface area (TPSA) is 71.3 Å². The van der Waals surface area contributed by atoms with Crippen LogP contribution in [0, 0.1) is 11.7 Å². The first-order valence-corrected chi connectivity index (χ1v) is 10.3. The van der Waals surface area contributed by atoms with Crippen LogP contribution in [0.2, 0.25) is 5.02 Å². The minimum atomic E-state index is -0.682. The second-order valence-corrected chi connectivity index (χ2v) is 8.38. The SMILES string of the molecule is O=C(NCC(O)C1CCCCC1)c1cn(C2CC2)c2cc(Cl)c(F)cc2c1=O. The minimum Gasteiger partial charge on any atom is -0.391 e. The van der Waals surface area contributed by atoms with E-state index in [1.165, 1.54) is 12.5 Å². The average molecular weight is 407 g/mol. The van der Waals surface area contributed by atoms with Crippen molar-refractivity contribution in [2.75, 3.05) is 6.54 Å². The van der Waals surface area contributed by atoms with E-state index < -0.39 is 23.3 Å². The fraction of sp³-hybridized carbons (Fsp3) is 0.524. The van der Waals surface area contributed by atoms with Gasteiger partial charge >= 0.3 is 0 Å². The zero-order valence-electron chi connectivity index (χ0n) is 15.6. The van der Waals surface area contributed by atoms with Crippen molar-refractivity contribution in [1.82, 2.24) is 9.88 Å². The van der Waals surface area contributed by atoms with E-state index in [2.05, 4.69) is 5.32 Å². The molecule has 2 aliphatic rings. The molecule has 150 valence electrons. The number of nitrogens with one attached hydrogen (secondary N) is 1. The number of amides is 1. The first-order chi connectivity index (χ1) is 13.5. The second kappa shape index (κ2) is 7.84. The van der Waals surface area contributed by atoms with Crippen LogP contribution in [0.25, 0.3) is 10.9 Å². The van der Waals surface area contributed by atoms with E-state index >= 15 is 0 Å². The highest BCUT2D eigenvalue weighted by atomic mass is 35.5. The van der Waals surface area contributed by atoms with Gasteiger partial charge in [-0.05, 0) is 43.7 Å². The van der Waals surface area contributed by atoms with E-state index in [-0.39, 0.29) is 34.5 Å². The number of nitrogens with zero attached hydrogens (tertiary/aromatic N) is 1. The minimum absolute atomic E-state index is 0.0306. The Morgan fingerprint density at radius 1 is 1.25 bits per heavy atom. The van der Waals surface area contributed by atoms with Gasteiger partial charge in [-0.25, -0.2) is 4.39 Å². The molecule has 28 heavy (non-hydrogen) atoms. The maximum Gasteiger partial charge on any atom is 0.256 e. The molecule has 1 unspecified atom stereocenters. The molecule has 2 N–H and O–H groups in total. The summed E-state index contributed by atoms with van der Waals surface area (Å²) in [6, 6.07) is 2.73. The summed E-state index contributed by atoms with van der Waals surface area (Å²) in [5.74, 6) is -1.03. The summed E-state index contributed by atoms with van der Waals surface area (Å²) in [5, 5.41) is 13.2. The number of hydrogen-bond acceptors (Lipinski definition) is 3. The van der Waals surface area contributed by atoms with Crippen molar-refractivity contribution in [3.05, 3.63) is 45.0 Å². The number of carbonyl (C=O) groups excluding carboxylic acids is 1. The summed E-state index contributed by atoms with van der Waals surface area (Å²) in [7, 11) is 0. The summed E-state index contributed by atoms with van der Waals surface area (Å²) in [4.78, 5) is 25.5. The molecule has 5 nitrogen and oxygen atoms in total. The first kappa shape index (κ1) is 19.4. The van der Waals surface area contributed by atoms with Crippen LogP contribution in [0.1, 0.15) is 61.3 Å². The number of fused-ring (bicyclic) bond motifs is 1. The molecule has 0 bridgehead atoms. The molecule has 1 atom stereocenters. The van der Waals surface area contributed by atoms with Crippen LogP contribution in [-0.4, -0.2) is 28.2 Å². The average Bonchev–Trinajstić information content (AvgIpc) is 3.53. The van der Waals surface area contributed by atoms with E-state index in [0.717, 1.165) is 44.6 Å². The lowest BCUT2D eigenvalue weighted by molar-refractivity contribution is 0.0737. The van der Waals surface area contributed by atoms with Crippen LogP contribution in [0.15, 0.2) is 23.1 Å². The third-order valence-corrected chi connectivity index (χ3v) is 6.21. The lowest BCUT2D eigenvalue weighted by atomic mass is 9.85. The molecule has 2 fully saturated rings. The molecule has 7 heteroatoms. The fourth-order valence-corrected chi connectivity index (χ4v) is 4.30. The highest BCUT2D eigenvalue weighted by Gasteiger charge is 2.28. The summed E-state index contributed by atoms with van der Waals surface area (Å²) in [6.45, 7) is 0.111. The zero-order chi connectivity index (χ0) is 19.8. The van der Waals surface area contributed by atoms with Crippen molar-refractivity contribution < 1.29 is 14.3 Å². The standard InChI is InChI=1S/C21H24ClFN2O3/c22-16-9-18-14(8-17(16)23)20(27)15(11-25(18)13-6-7-13)21(28)24-10-19(26)12-4-2-1-3-5-12/h8-9,11-13,19,26H,1-7,10H2,(H,24,28). The molecule has 1 amide bonds. The van der Waals surface area contributed by atoms with Crippen molar-refractivity contribution in [2.24, 2.45) is 5.92 Å². The Morgan fingerprint density at radius 3 is 2.64 bits per heavy atom. The Balaban J connectivity index is 1.60. The normalized spacial score (nSPS) is 19.0. The number of halogens is 2. The van der Waals surface area contributed by atoms with Gasteiger partial charge in [-0.3, -0.25) is 9.59 Å². The van der Waals surface area contributed by atoms with Gasteiger partial charge in [-0.1, -0.05) is 30.9 Å². The Morgan fingerprint density at radius 2 is 1.96 bits per heavy atom. The highest BCUT2D eigenvalue weighted by molar-refractivity contribution is 6.31. The Kier molecular flexibility index (Phi) is 5.43. The first-order valence-electron chi connectivity index (χ1n) is 9.96. The molecule has 2 aliphatic carbocycles. The van der Waals surface area contributed by atoms with Crippen molar-refractivity contribution in [1.29, 1.82) is 0 Å². The number of rotatable bonds is 5. The van der Waals surface area contributed by atoms with Gasteiger partial charge in [0.2, 0.25) is 5.43 Å². The van der Waals surface area contributed by atoms with Crippen molar-refractivity contribution >= 4 is 28.4 Å². The molecular weight excluding hydrogens is 383 g/mol. The molecule has 4 rings (SSSR count). The van der Waals surface area contributed by atoms with E-state index in [4.69, 9.17) is 11.6 Å². The molecule has 0 radical (unpaired) electrons. The molecule has 0 saturated heterocycles. The monoisotopic (exact) mass is 406 g/mol. The highest BCUT2D eigenvalue weighted by Crippen LogP contribution is 2.37. The Bertz CT molecular complexity index is 964. The van der Waals surface area contributed by atoms with Gasteiger partial charge in [0.1, 0.15) is 11.4 Å². The van der Waals surface area contributed by atoms with E-state index in [1.54, 1.807) is 6.20 Å². The summed E-state index contributed by atoms with van der Waals surface area (Å²) in [5.41, 5.74) is -0.0122. The van der Waals surface area contributed by atoms with Crippen LogP contribution in [0.5, 0.6) is 0 Å². The van der Waals surface area contributed by atoms with Crippen LogP contribution >= 0.6 is 11.6 Å². The Hall–Kier alpha value is -1.92. The number of pyridine rings is 1. The predicted octanol–water partition coefficient (Wildman–Crippen LogP) is 3.80. The Labute approximate surface area is 167 Å². The molecule has 1 aromatic carbocycles. The fourth-order valence-electron chi connectivity index (χ4n) is 4.14. The number of aromatic nitrogens is 1. The number of carbonyl (C=O) groups is 1.